The van der Waals surface area contributed by atoms with Gasteiger partial charge in [-0.05, 0) is 28.4 Å². The molecular weight excluding hydrogens is 304 g/mol. The lowest BCUT2D eigenvalue weighted by Gasteiger charge is -2.17. The van der Waals surface area contributed by atoms with Gasteiger partial charge in [0.25, 0.3) is 5.69 Å². The van der Waals surface area contributed by atoms with Gasteiger partial charge < -0.3 is 10.4 Å². The second-order valence-corrected chi connectivity index (χ2v) is 4.62. The number of halogens is 1. The fourth-order valence-corrected chi connectivity index (χ4v) is 1.94. The Morgan fingerprint density at radius 2 is 2.28 bits per heavy atom. The highest BCUT2D eigenvalue weighted by Crippen LogP contribution is 2.28. The second-order valence-electron chi connectivity index (χ2n) is 3.77. The van der Waals surface area contributed by atoms with Crippen LogP contribution in [0.5, 0.6) is 0 Å². The quantitative estimate of drug-likeness (QED) is 0.621. The largest absolute Gasteiger partial charge is 0.481 e. The monoisotopic (exact) mass is 316 g/mol. The molecule has 1 unspecified atom stereocenters. The number of nitro groups is 1. The molecule has 0 spiro atoms. The molecule has 0 saturated carbocycles. The first-order valence-corrected chi connectivity index (χ1v) is 6.15. The van der Waals surface area contributed by atoms with E-state index in [-0.39, 0.29) is 18.2 Å². The van der Waals surface area contributed by atoms with E-state index in [9.17, 15) is 14.9 Å². The number of nitrogens with one attached hydrogen (secondary N) is 1. The van der Waals surface area contributed by atoms with Crippen LogP contribution in [0.1, 0.15) is 19.8 Å². The average Bonchev–Trinajstić information content (AvgIpc) is 2.29. The Morgan fingerprint density at radius 1 is 1.61 bits per heavy atom. The Kier molecular flexibility index (Phi) is 5.08. The number of aliphatic carboxylic acids is 1. The van der Waals surface area contributed by atoms with Crippen LogP contribution in [0.15, 0.2) is 22.7 Å². The van der Waals surface area contributed by atoms with Gasteiger partial charge in [-0.2, -0.15) is 0 Å². The van der Waals surface area contributed by atoms with Crippen molar-refractivity contribution >= 4 is 33.3 Å². The zero-order chi connectivity index (χ0) is 13.7. The first-order chi connectivity index (χ1) is 8.43. The van der Waals surface area contributed by atoms with Crippen molar-refractivity contribution in [2.45, 2.75) is 25.8 Å². The van der Waals surface area contributed by atoms with Crippen molar-refractivity contribution in [1.29, 1.82) is 0 Å². The average molecular weight is 317 g/mol. The number of carboxylic acids is 1. The lowest BCUT2D eigenvalue weighted by Crippen LogP contribution is -2.22. The minimum absolute atomic E-state index is 0.0000719. The molecular formula is C11H13BrN2O4. The third-order valence-corrected chi connectivity index (χ3v) is 3.09. The number of hydrogen-bond acceptors (Lipinski definition) is 4. The molecule has 0 bridgehead atoms. The predicted molar refractivity (Wildman–Crippen MR) is 70.8 cm³/mol. The normalized spacial score (nSPS) is 11.9. The van der Waals surface area contributed by atoms with Crippen LogP contribution < -0.4 is 5.32 Å². The molecule has 0 saturated heterocycles. The highest BCUT2D eigenvalue weighted by atomic mass is 79.9. The summed E-state index contributed by atoms with van der Waals surface area (Å²) in [6.07, 6.45) is 0.648. The van der Waals surface area contributed by atoms with Crippen LogP contribution in [0.2, 0.25) is 0 Å². The molecule has 18 heavy (non-hydrogen) atoms. The number of benzene rings is 1. The number of nitrogens with zero attached hydrogens (tertiary/aromatic N) is 1. The Labute approximate surface area is 112 Å². The number of non-ortho nitro benzene ring substituents is 1. The molecule has 7 heteroatoms. The molecule has 1 aromatic carbocycles. The van der Waals surface area contributed by atoms with Crippen molar-refractivity contribution in [2.75, 3.05) is 5.32 Å². The van der Waals surface area contributed by atoms with Gasteiger partial charge in [-0.15, -0.1) is 0 Å². The lowest BCUT2D eigenvalue weighted by atomic mass is 10.1. The Hall–Kier alpha value is -1.63. The number of carboxylic acid groups (broad SMARTS) is 1. The molecule has 0 aliphatic heterocycles. The van der Waals surface area contributed by atoms with Crippen LogP contribution in [0.3, 0.4) is 0 Å². The van der Waals surface area contributed by atoms with Crippen LogP contribution in [-0.4, -0.2) is 22.0 Å². The number of nitro benzene ring substituents is 1. The minimum atomic E-state index is -0.882. The summed E-state index contributed by atoms with van der Waals surface area (Å²) in [4.78, 5) is 20.7. The maximum absolute atomic E-state index is 10.6. The molecule has 0 fully saturated rings. The molecule has 0 aliphatic rings. The van der Waals surface area contributed by atoms with Crippen molar-refractivity contribution in [2.24, 2.45) is 0 Å². The molecule has 1 atom stereocenters. The van der Waals surface area contributed by atoms with Crippen molar-refractivity contribution in [1.82, 2.24) is 0 Å². The maximum Gasteiger partial charge on any atom is 0.305 e. The van der Waals surface area contributed by atoms with Gasteiger partial charge in [-0.1, -0.05) is 6.92 Å². The zero-order valence-electron chi connectivity index (χ0n) is 9.72. The van der Waals surface area contributed by atoms with Crippen LogP contribution >= 0.6 is 15.9 Å². The van der Waals surface area contributed by atoms with Gasteiger partial charge >= 0.3 is 5.97 Å². The molecule has 2 N–H and O–H groups in total. The van der Waals surface area contributed by atoms with E-state index in [1.807, 2.05) is 6.92 Å². The van der Waals surface area contributed by atoms with Crippen molar-refractivity contribution in [3.05, 3.63) is 32.8 Å². The van der Waals surface area contributed by atoms with Gasteiger partial charge in [0.05, 0.1) is 11.3 Å². The van der Waals surface area contributed by atoms with E-state index in [0.29, 0.717) is 16.6 Å². The van der Waals surface area contributed by atoms with Crippen LogP contribution in [0, 0.1) is 10.1 Å². The molecule has 1 aromatic rings. The fourth-order valence-electron chi connectivity index (χ4n) is 1.46. The van der Waals surface area contributed by atoms with Gasteiger partial charge in [0.2, 0.25) is 0 Å². The Bertz CT molecular complexity index is 464. The summed E-state index contributed by atoms with van der Waals surface area (Å²) in [7, 11) is 0. The number of carbonyl (C=O) groups is 1. The Balaban J connectivity index is 2.83. The summed E-state index contributed by atoms with van der Waals surface area (Å²) in [6, 6.07) is 4.11. The van der Waals surface area contributed by atoms with Gasteiger partial charge in [-0.25, -0.2) is 0 Å². The smallest absolute Gasteiger partial charge is 0.305 e. The van der Waals surface area contributed by atoms with Crippen LogP contribution in [0.25, 0.3) is 0 Å². The second kappa shape index (κ2) is 6.34. The van der Waals surface area contributed by atoms with E-state index in [1.165, 1.54) is 12.1 Å². The SMILES string of the molecule is CCC(CC(=O)O)Nc1ccc([N+](=O)[O-])cc1Br. The van der Waals surface area contributed by atoms with Crippen LogP contribution in [0.4, 0.5) is 11.4 Å². The Morgan fingerprint density at radius 3 is 2.72 bits per heavy atom. The van der Waals surface area contributed by atoms with E-state index < -0.39 is 10.9 Å². The summed E-state index contributed by atoms with van der Waals surface area (Å²) in [6.45, 7) is 1.87. The van der Waals surface area contributed by atoms with Crippen LogP contribution in [-0.2, 0) is 4.79 Å². The van der Waals surface area contributed by atoms with E-state index >= 15 is 0 Å². The lowest BCUT2D eigenvalue weighted by molar-refractivity contribution is -0.384. The fraction of sp³-hybridized carbons (Fsp3) is 0.364. The third kappa shape index (κ3) is 3.99. The number of anilines is 1. The molecule has 1 rings (SSSR count). The van der Waals surface area contributed by atoms with E-state index in [1.54, 1.807) is 6.07 Å². The van der Waals surface area contributed by atoms with Gasteiger partial charge in [0, 0.05) is 28.3 Å². The highest BCUT2D eigenvalue weighted by molar-refractivity contribution is 9.10. The molecule has 0 radical (unpaired) electrons. The number of hydrogen-bond donors (Lipinski definition) is 2. The minimum Gasteiger partial charge on any atom is -0.481 e. The summed E-state index contributed by atoms with van der Waals surface area (Å²) in [5.41, 5.74) is 0.632. The standard InChI is InChI=1S/C11H13BrN2O4/c1-2-7(5-11(15)16)13-10-4-3-8(14(17)18)6-9(10)12/h3-4,6-7,13H,2,5H2,1H3,(H,15,16). The third-order valence-electron chi connectivity index (χ3n) is 2.44. The molecule has 0 heterocycles. The van der Waals surface area contributed by atoms with E-state index in [2.05, 4.69) is 21.2 Å². The van der Waals surface area contributed by atoms with Crippen molar-refractivity contribution in [3.63, 3.8) is 0 Å². The topological polar surface area (TPSA) is 92.5 Å². The molecule has 98 valence electrons. The summed E-state index contributed by atoms with van der Waals surface area (Å²) >= 11 is 3.22. The predicted octanol–water partition coefficient (Wildman–Crippen LogP) is 3.02. The molecule has 0 aliphatic carbocycles. The van der Waals surface area contributed by atoms with Crippen molar-refractivity contribution in [3.8, 4) is 0 Å². The maximum atomic E-state index is 10.6. The first kappa shape index (κ1) is 14.4. The summed E-state index contributed by atoms with van der Waals surface area (Å²) < 4.78 is 0.542. The highest BCUT2D eigenvalue weighted by Gasteiger charge is 2.14. The van der Waals surface area contributed by atoms with Gasteiger partial charge in [0.15, 0.2) is 0 Å². The van der Waals surface area contributed by atoms with Gasteiger partial charge in [0.1, 0.15) is 0 Å². The molecule has 6 nitrogen and oxygen atoms in total. The van der Waals surface area contributed by atoms with Crippen molar-refractivity contribution < 1.29 is 14.8 Å². The zero-order valence-corrected chi connectivity index (χ0v) is 11.3. The number of rotatable bonds is 6. The summed E-state index contributed by atoms with van der Waals surface area (Å²) in [5.74, 6) is -0.882. The summed E-state index contributed by atoms with van der Waals surface area (Å²) in [5, 5.41) is 22.4. The first-order valence-electron chi connectivity index (χ1n) is 5.36. The van der Waals surface area contributed by atoms with Gasteiger partial charge in [-0.3, -0.25) is 14.9 Å². The van der Waals surface area contributed by atoms with E-state index in [0.717, 1.165) is 0 Å². The molecule has 0 amide bonds. The molecule has 0 aromatic heterocycles. The van der Waals surface area contributed by atoms with E-state index in [4.69, 9.17) is 5.11 Å².